The lowest BCUT2D eigenvalue weighted by Gasteiger charge is -2.28. The molecule has 1 N–H and O–H groups in total. The summed E-state index contributed by atoms with van der Waals surface area (Å²) in [5, 5.41) is 9.71. The molecule has 0 aliphatic carbocycles. The maximum atomic E-state index is 12.7. The zero-order valence-corrected chi connectivity index (χ0v) is 20.4. The van der Waals surface area contributed by atoms with Gasteiger partial charge in [0.05, 0.1) is 30.3 Å². The number of thioether (sulfide) groups is 1. The van der Waals surface area contributed by atoms with E-state index < -0.39 is 0 Å². The summed E-state index contributed by atoms with van der Waals surface area (Å²) >= 11 is 1.66. The van der Waals surface area contributed by atoms with Crippen molar-refractivity contribution in [3.63, 3.8) is 0 Å². The summed E-state index contributed by atoms with van der Waals surface area (Å²) in [5.41, 5.74) is 1.35. The average Bonchev–Trinajstić information content (AvgIpc) is 3.22. The molecule has 0 bridgehead atoms. The van der Waals surface area contributed by atoms with Crippen molar-refractivity contribution in [3.05, 3.63) is 36.0 Å². The molecule has 1 amide bonds. The number of carbonyl (C=O) groups excluding carboxylic acids is 1. The molecule has 33 heavy (non-hydrogen) atoms. The minimum Gasteiger partial charge on any atom is -0.493 e. The number of carbonyl (C=O) groups is 1. The zero-order valence-electron chi connectivity index (χ0n) is 19.6. The van der Waals surface area contributed by atoms with Gasteiger partial charge in [0, 0.05) is 24.9 Å². The fourth-order valence-electron chi connectivity index (χ4n) is 4.00. The zero-order chi connectivity index (χ0) is 23.2. The summed E-state index contributed by atoms with van der Waals surface area (Å²) in [6, 6.07) is 7.29. The molecule has 8 nitrogen and oxygen atoms in total. The Morgan fingerprint density at radius 1 is 1.18 bits per heavy atom. The lowest BCUT2D eigenvalue weighted by molar-refractivity contribution is 0.0948. The molecule has 176 valence electrons. The number of aromatic nitrogens is 4. The molecule has 1 aliphatic heterocycles. The second-order valence-electron chi connectivity index (χ2n) is 8.33. The number of ether oxygens (including phenoxy) is 1. The maximum Gasteiger partial charge on any atom is 0.255 e. The molecule has 1 aliphatic rings. The van der Waals surface area contributed by atoms with Crippen molar-refractivity contribution in [3.8, 4) is 5.75 Å². The molecule has 1 saturated heterocycles. The van der Waals surface area contributed by atoms with Crippen molar-refractivity contribution in [2.24, 2.45) is 0 Å². The fourth-order valence-corrected chi connectivity index (χ4v) is 4.70. The summed E-state index contributed by atoms with van der Waals surface area (Å²) in [6.07, 6.45) is 5.49. The summed E-state index contributed by atoms with van der Waals surface area (Å²) < 4.78 is 7.45. The Morgan fingerprint density at radius 2 is 1.97 bits per heavy atom. The van der Waals surface area contributed by atoms with Crippen LogP contribution in [-0.2, 0) is 6.54 Å². The number of piperidine rings is 1. The van der Waals surface area contributed by atoms with Gasteiger partial charge in [-0.15, -0.1) is 0 Å². The van der Waals surface area contributed by atoms with E-state index in [0.29, 0.717) is 36.3 Å². The molecule has 2 aromatic heterocycles. The number of benzene rings is 1. The molecule has 0 radical (unpaired) electrons. The average molecular weight is 469 g/mol. The molecule has 1 aromatic carbocycles. The van der Waals surface area contributed by atoms with Crippen molar-refractivity contribution in [1.29, 1.82) is 0 Å². The van der Waals surface area contributed by atoms with Gasteiger partial charge in [0.1, 0.15) is 11.6 Å². The topological polar surface area (TPSA) is 85.2 Å². The van der Waals surface area contributed by atoms with Crippen LogP contribution in [0.3, 0.4) is 0 Å². The van der Waals surface area contributed by atoms with Crippen LogP contribution in [0.25, 0.3) is 11.0 Å². The number of nitrogens with zero attached hydrogens (tertiary/aromatic N) is 5. The molecular weight excluding hydrogens is 436 g/mol. The highest BCUT2D eigenvalue weighted by molar-refractivity contribution is 7.99. The first-order valence-corrected chi connectivity index (χ1v) is 12.6. The third-order valence-corrected chi connectivity index (χ3v) is 6.36. The van der Waals surface area contributed by atoms with Crippen molar-refractivity contribution < 1.29 is 9.53 Å². The van der Waals surface area contributed by atoms with E-state index in [1.165, 1.54) is 19.3 Å². The van der Waals surface area contributed by atoms with Crippen LogP contribution in [0.2, 0.25) is 0 Å². The van der Waals surface area contributed by atoms with Gasteiger partial charge in [0.2, 0.25) is 0 Å². The molecule has 0 atom stereocenters. The number of hydrogen-bond acceptors (Lipinski definition) is 7. The van der Waals surface area contributed by atoms with Crippen molar-refractivity contribution in [2.45, 2.75) is 57.0 Å². The first kappa shape index (κ1) is 23.4. The van der Waals surface area contributed by atoms with Gasteiger partial charge < -0.3 is 15.0 Å². The van der Waals surface area contributed by atoms with E-state index in [-0.39, 0.29) is 5.91 Å². The molecule has 3 aromatic rings. The van der Waals surface area contributed by atoms with Crippen LogP contribution in [0.5, 0.6) is 5.75 Å². The predicted octanol–water partition coefficient (Wildman–Crippen LogP) is 4.15. The monoisotopic (exact) mass is 468 g/mol. The van der Waals surface area contributed by atoms with E-state index in [4.69, 9.17) is 14.7 Å². The van der Waals surface area contributed by atoms with E-state index in [0.717, 1.165) is 35.1 Å². The van der Waals surface area contributed by atoms with Gasteiger partial charge in [0.15, 0.2) is 10.8 Å². The minimum absolute atomic E-state index is 0.157. The van der Waals surface area contributed by atoms with E-state index in [1.54, 1.807) is 17.8 Å². The van der Waals surface area contributed by atoms with Gasteiger partial charge in [0.25, 0.3) is 5.91 Å². The Kier molecular flexibility index (Phi) is 7.69. The highest BCUT2D eigenvalue weighted by Crippen LogP contribution is 2.30. The van der Waals surface area contributed by atoms with E-state index >= 15 is 0 Å². The summed E-state index contributed by atoms with van der Waals surface area (Å²) in [4.78, 5) is 24.8. The summed E-state index contributed by atoms with van der Waals surface area (Å²) in [6.45, 7) is 9.69. The van der Waals surface area contributed by atoms with Crippen LogP contribution in [-0.4, -0.2) is 57.1 Å². The number of anilines is 1. The first-order valence-electron chi connectivity index (χ1n) is 11.7. The molecule has 4 rings (SSSR count). The molecule has 1 fully saturated rings. The third kappa shape index (κ3) is 5.58. The second-order valence-corrected chi connectivity index (χ2v) is 9.88. The van der Waals surface area contributed by atoms with Crippen LogP contribution in [0.1, 0.15) is 50.4 Å². The number of fused-ring (bicyclic) bond motifs is 1. The van der Waals surface area contributed by atoms with Crippen molar-refractivity contribution in [1.82, 2.24) is 25.1 Å². The SMILES string of the molecule is CCOc1ccccc1C(=O)NCCn1ncc2c(N3CCCCC3)nc(SC(C)C)nc21. The quantitative estimate of drug-likeness (QED) is 0.373. The summed E-state index contributed by atoms with van der Waals surface area (Å²) in [7, 11) is 0. The van der Waals surface area contributed by atoms with Crippen LogP contribution in [0, 0.1) is 0 Å². The standard InChI is InChI=1S/C24H32N6O2S/c1-4-32-20-11-7-6-10-18(20)23(31)25-12-15-30-22-19(16-26-30)21(29-13-8-5-9-14-29)27-24(28-22)33-17(2)3/h6-7,10-11,16-17H,4-5,8-9,12-15H2,1-3H3,(H,25,31). The molecule has 0 unspecified atom stereocenters. The van der Waals surface area contributed by atoms with Crippen molar-refractivity contribution >= 4 is 34.5 Å². The lowest BCUT2D eigenvalue weighted by atomic mass is 10.1. The van der Waals surface area contributed by atoms with Crippen LogP contribution in [0.4, 0.5) is 5.82 Å². The second kappa shape index (κ2) is 10.9. The molecule has 9 heteroatoms. The predicted molar refractivity (Wildman–Crippen MR) is 132 cm³/mol. The van der Waals surface area contributed by atoms with E-state index in [9.17, 15) is 4.79 Å². The number of hydrogen-bond donors (Lipinski definition) is 1. The van der Waals surface area contributed by atoms with Gasteiger partial charge in [-0.2, -0.15) is 5.10 Å². The van der Waals surface area contributed by atoms with Crippen molar-refractivity contribution in [2.75, 3.05) is 31.1 Å². The maximum absolute atomic E-state index is 12.7. The molecule has 0 saturated carbocycles. The lowest BCUT2D eigenvalue weighted by Crippen LogP contribution is -2.30. The van der Waals surface area contributed by atoms with Gasteiger partial charge in [-0.05, 0) is 38.3 Å². The Labute approximate surface area is 199 Å². The van der Waals surface area contributed by atoms with Gasteiger partial charge in [-0.3, -0.25) is 4.79 Å². The fraction of sp³-hybridized carbons (Fsp3) is 0.500. The number of para-hydroxylation sites is 1. The highest BCUT2D eigenvalue weighted by Gasteiger charge is 2.20. The van der Waals surface area contributed by atoms with Gasteiger partial charge >= 0.3 is 0 Å². The van der Waals surface area contributed by atoms with E-state index in [1.807, 2.05) is 36.0 Å². The summed E-state index contributed by atoms with van der Waals surface area (Å²) in [5.74, 6) is 1.41. The minimum atomic E-state index is -0.157. The molecular formula is C24H32N6O2S. The van der Waals surface area contributed by atoms with Crippen LogP contribution >= 0.6 is 11.8 Å². The Balaban J connectivity index is 1.52. The molecule has 3 heterocycles. The van der Waals surface area contributed by atoms with E-state index in [2.05, 4.69) is 29.2 Å². The largest absolute Gasteiger partial charge is 0.493 e. The Bertz CT molecular complexity index is 1090. The Morgan fingerprint density at radius 3 is 2.73 bits per heavy atom. The third-order valence-electron chi connectivity index (χ3n) is 5.49. The van der Waals surface area contributed by atoms with Crippen LogP contribution in [0.15, 0.2) is 35.6 Å². The Hall–Kier alpha value is -2.81. The number of rotatable bonds is 9. The number of nitrogens with one attached hydrogen (secondary N) is 1. The molecule has 0 spiro atoms. The normalized spacial score (nSPS) is 14.1. The number of amides is 1. The van der Waals surface area contributed by atoms with Crippen LogP contribution < -0.4 is 15.0 Å². The van der Waals surface area contributed by atoms with Gasteiger partial charge in [-0.25, -0.2) is 14.6 Å². The smallest absolute Gasteiger partial charge is 0.255 e. The highest BCUT2D eigenvalue weighted by atomic mass is 32.2. The van der Waals surface area contributed by atoms with Gasteiger partial charge in [-0.1, -0.05) is 37.7 Å². The first-order chi connectivity index (χ1) is 16.1.